The maximum absolute atomic E-state index is 12.0. The minimum Gasteiger partial charge on any atom is -0.345 e. The average molecular weight is 328 g/mol. The SMILES string of the molecule is C#CCNC(=O)[C@H](C)N1CCN(c2nc3ccccc3s2)CC1. The maximum atomic E-state index is 12.0. The van der Waals surface area contributed by atoms with Gasteiger partial charge in [0.05, 0.1) is 22.8 Å². The van der Waals surface area contributed by atoms with E-state index >= 15 is 0 Å². The molecule has 2 aromatic rings. The van der Waals surface area contributed by atoms with Crippen LogP contribution in [0.15, 0.2) is 24.3 Å². The lowest BCUT2D eigenvalue weighted by atomic mass is 10.2. The predicted molar refractivity (Wildman–Crippen MR) is 94.7 cm³/mol. The molecule has 0 bridgehead atoms. The molecule has 2 heterocycles. The maximum Gasteiger partial charge on any atom is 0.237 e. The number of thiazole rings is 1. The van der Waals surface area contributed by atoms with Crippen LogP contribution >= 0.6 is 11.3 Å². The van der Waals surface area contributed by atoms with Crippen molar-refractivity contribution >= 4 is 32.6 Å². The molecule has 0 radical (unpaired) electrons. The first kappa shape index (κ1) is 15.8. The van der Waals surface area contributed by atoms with Crippen molar-refractivity contribution in [2.45, 2.75) is 13.0 Å². The Labute approximate surface area is 140 Å². The molecule has 3 rings (SSSR count). The van der Waals surface area contributed by atoms with Gasteiger partial charge < -0.3 is 10.2 Å². The lowest BCUT2D eigenvalue weighted by Crippen LogP contribution is -2.54. The number of hydrogen-bond donors (Lipinski definition) is 1. The number of carbonyl (C=O) groups excluding carboxylic acids is 1. The Balaban J connectivity index is 1.60. The number of nitrogens with one attached hydrogen (secondary N) is 1. The molecule has 5 nitrogen and oxygen atoms in total. The second-order valence-electron chi connectivity index (χ2n) is 5.59. The Kier molecular flexibility index (Phi) is 4.79. The number of benzene rings is 1. The molecule has 0 saturated carbocycles. The van der Waals surface area contributed by atoms with Crippen LogP contribution in [0, 0.1) is 12.3 Å². The van der Waals surface area contributed by atoms with Gasteiger partial charge in [-0.25, -0.2) is 4.98 Å². The number of carbonyl (C=O) groups is 1. The Hall–Kier alpha value is -2.10. The van der Waals surface area contributed by atoms with Gasteiger partial charge in [0.15, 0.2) is 5.13 Å². The van der Waals surface area contributed by atoms with E-state index in [1.54, 1.807) is 11.3 Å². The molecule has 1 aromatic heterocycles. The molecule has 0 spiro atoms. The van der Waals surface area contributed by atoms with Crippen LogP contribution in [0.5, 0.6) is 0 Å². The van der Waals surface area contributed by atoms with Crippen LogP contribution in [0.4, 0.5) is 5.13 Å². The number of hydrogen-bond acceptors (Lipinski definition) is 5. The van der Waals surface area contributed by atoms with E-state index in [-0.39, 0.29) is 18.5 Å². The molecule has 1 aliphatic rings. The number of para-hydroxylation sites is 1. The lowest BCUT2D eigenvalue weighted by Gasteiger charge is -2.37. The summed E-state index contributed by atoms with van der Waals surface area (Å²) in [6.07, 6.45) is 5.18. The van der Waals surface area contributed by atoms with Crippen molar-refractivity contribution in [2.24, 2.45) is 0 Å². The smallest absolute Gasteiger partial charge is 0.237 e. The Morgan fingerprint density at radius 2 is 2.13 bits per heavy atom. The first-order chi connectivity index (χ1) is 11.2. The number of anilines is 1. The van der Waals surface area contributed by atoms with E-state index in [0.29, 0.717) is 0 Å². The van der Waals surface area contributed by atoms with Gasteiger partial charge in [0.1, 0.15) is 0 Å². The van der Waals surface area contributed by atoms with Crippen molar-refractivity contribution in [3.8, 4) is 12.3 Å². The van der Waals surface area contributed by atoms with Crippen LogP contribution in [0.25, 0.3) is 10.2 Å². The first-order valence-electron chi connectivity index (χ1n) is 7.75. The van der Waals surface area contributed by atoms with Crippen LogP contribution in [0.1, 0.15) is 6.92 Å². The van der Waals surface area contributed by atoms with E-state index in [1.165, 1.54) is 4.70 Å². The molecule has 1 N–H and O–H groups in total. The Morgan fingerprint density at radius 1 is 1.39 bits per heavy atom. The van der Waals surface area contributed by atoms with E-state index in [1.807, 2.05) is 25.1 Å². The number of fused-ring (bicyclic) bond motifs is 1. The number of terminal acetylenes is 1. The van der Waals surface area contributed by atoms with E-state index in [9.17, 15) is 4.79 Å². The van der Waals surface area contributed by atoms with Crippen molar-refractivity contribution < 1.29 is 4.79 Å². The lowest BCUT2D eigenvalue weighted by molar-refractivity contribution is -0.125. The quantitative estimate of drug-likeness (QED) is 0.866. The fourth-order valence-electron chi connectivity index (χ4n) is 2.75. The van der Waals surface area contributed by atoms with Gasteiger partial charge >= 0.3 is 0 Å². The summed E-state index contributed by atoms with van der Waals surface area (Å²) in [5, 5.41) is 3.81. The van der Waals surface area contributed by atoms with Crippen molar-refractivity contribution in [2.75, 3.05) is 37.6 Å². The standard InChI is InChI=1S/C17H20N4OS/c1-3-8-18-16(22)13(2)20-9-11-21(12-10-20)17-19-14-6-4-5-7-15(14)23-17/h1,4-7,13H,8-12H2,2H3,(H,18,22)/t13-/m0/s1. The summed E-state index contributed by atoms with van der Waals surface area (Å²) in [7, 11) is 0. The number of amides is 1. The average Bonchev–Trinajstić information content (AvgIpc) is 3.03. The van der Waals surface area contributed by atoms with Crippen molar-refractivity contribution in [3.63, 3.8) is 0 Å². The third-order valence-electron chi connectivity index (χ3n) is 4.16. The fourth-order valence-corrected chi connectivity index (χ4v) is 3.76. The highest BCUT2D eigenvalue weighted by Gasteiger charge is 2.26. The van der Waals surface area contributed by atoms with Gasteiger partial charge in [-0.2, -0.15) is 0 Å². The Morgan fingerprint density at radius 3 is 2.83 bits per heavy atom. The fraction of sp³-hybridized carbons (Fsp3) is 0.412. The van der Waals surface area contributed by atoms with Crippen LogP contribution in [0.2, 0.25) is 0 Å². The summed E-state index contributed by atoms with van der Waals surface area (Å²) in [6.45, 7) is 5.67. The monoisotopic (exact) mass is 328 g/mol. The first-order valence-corrected chi connectivity index (χ1v) is 8.56. The number of nitrogens with zero attached hydrogens (tertiary/aromatic N) is 3. The largest absolute Gasteiger partial charge is 0.345 e. The topological polar surface area (TPSA) is 48.5 Å². The van der Waals surface area contributed by atoms with E-state index in [2.05, 4.69) is 27.1 Å². The van der Waals surface area contributed by atoms with Gasteiger partial charge in [-0.15, -0.1) is 6.42 Å². The number of piperazine rings is 1. The summed E-state index contributed by atoms with van der Waals surface area (Å²) in [5.74, 6) is 2.43. The molecule has 6 heteroatoms. The summed E-state index contributed by atoms with van der Waals surface area (Å²) in [4.78, 5) is 21.2. The summed E-state index contributed by atoms with van der Waals surface area (Å²) in [5.41, 5.74) is 1.05. The molecule has 120 valence electrons. The highest BCUT2D eigenvalue weighted by molar-refractivity contribution is 7.22. The molecule has 1 atom stereocenters. The van der Waals surface area contributed by atoms with Gasteiger partial charge in [0.25, 0.3) is 0 Å². The summed E-state index contributed by atoms with van der Waals surface area (Å²) in [6, 6.07) is 8.05. The van der Waals surface area contributed by atoms with Gasteiger partial charge in [-0.05, 0) is 19.1 Å². The van der Waals surface area contributed by atoms with Crippen LogP contribution in [-0.2, 0) is 4.79 Å². The number of aromatic nitrogens is 1. The van der Waals surface area contributed by atoms with E-state index in [0.717, 1.165) is 36.8 Å². The van der Waals surface area contributed by atoms with Gasteiger partial charge in [0, 0.05) is 26.2 Å². The van der Waals surface area contributed by atoms with E-state index in [4.69, 9.17) is 11.4 Å². The van der Waals surface area contributed by atoms with Crippen LogP contribution in [-0.4, -0.2) is 54.6 Å². The molecule has 1 aliphatic heterocycles. The van der Waals surface area contributed by atoms with Crippen molar-refractivity contribution in [1.82, 2.24) is 15.2 Å². The Bertz CT molecular complexity index is 695. The molecule has 1 amide bonds. The zero-order valence-corrected chi connectivity index (χ0v) is 14.0. The summed E-state index contributed by atoms with van der Waals surface area (Å²) < 4.78 is 1.21. The molecule has 0 unspecified atom stereocenters. The zero-order valence-electron chi connectivity index (χ0n) is 13.2. The third-order valence-corrected chi connectivity index (χ3v) is 5.26. The van der Waals surface area contributed by atoms with E-state index < -0.39 is 0 Å². The second-order valence-corrected chi connectivity index (χ2v) is 6.59. The highest BCUT2D eigenvalue weighted by Crippen LogP contribution is 2.29. The normalized spacial score (nSPS) is 17.0. The molecule has 1 aromatic carbocycles. The molecule has 1 fully saturated rings. The van der Waals surface area contributed by atoms with Gasteiger partial charge in [-0.1, -0.05) is 29.4 Å². The second kappa shape index (κ2) is 6.99. The van der Waals surface area contributed by atoms with Crippen LogP contribution < -0.4 is 10.2 Å². The minimum atomic E-state index is -0.152. The molecule has 23 heavy (non-hydrogen) atoms. The minimum absolute atomic E-state index is 0.00335. The molecule has 0 aliphatic carbocycles. The highest BCUT2D eigenvalue weighted by atomic mass is 32.1. The molecular weight excluding hydrogens is 308 g/mol. The van der Waals surface area contributed by atoms with Gasteiger partial charge in [0.2, 0.25) is 5.91 Å². The molecular formula is C17H20N4OS. The van der Waals surface area contributed by atoms with Crippen LogP contribution in [0.3, 0.4) is 0 Å². The van der Waals surface area contributed by atoms with Gasteiger partial charge in [-0.3, -0.25) is 9.69 Å². The predicted octanol–water partition coefficient (Wildman–Crippen LogP) is 1.56. The zero-order chi connectivity index (χ0) is 16.2. The van der Waals surface area contributed by atoms with Crippen molar-refractivity contribution in [1.29, 1.82) is 0 Å². The van der Waals surface area contributed by atoms with Crippen molar-refractivity contribution in [3.05, 3.63) is 24.3 Å². The summed E-state index contributed by atoms with van der Waals surface area (Å²) >= 11 is 1.73. The third kappa shape index (κ3) is 3.46. The number of rotatable bonds is 4. The molecule has 1 saturated heterocycles.